The van der Waals surface area contributed by atoms with E-state index in [0.717, 1.165) is 41.8 Å². The third-order valence-electron chi connectivity index (χ3n) is 3.82. The summed E-state index contributed by atoms with van der Waals surface area (Å²) >= 11 is 3.43. The molecule has 1 atom stereocenters. The number of nitrogens with one attached hydrogen (secondary N) is 1. The first kappa shape index (κ1) is 16.1. The molecule has 1 fully saturated rings. The van der Waals surface area contributed by atoms with E-state index in [2.05, 4.69) is 21.2 Å². The van der Waals surface area contributed by atoms with E-state index >= 15 is 0 Å². The molecule has 1 aliphatic rings. The highest BCUT2D eigenvalue weighted by molar-refractivity contribution is 9.10. The molecule has 1 aliphatic heterocycles. The van der Waals surface area contributed by atoms with Gasteiger partial charge in [-0.05, 0) is 47.8 Å². The quantitative estimate of drug-likeness (QED) is 0.896. The van der Waals surface area contributed by atoms with Crippen LogP contribution in [0.15, 0.2) is 22.7 Å². The fraction of sp³-hybridized carbons (Fsp3) is 0.562. The number of halogens is 1. The molecular weight excluding hydrogens is 332 g/mol. The van der Waals surface area contributed by atoms with E-state index in [1.807, 2.05) is 30.0 Å². The van der Waals surface area contributed by atoms with Gasteiger partial charge in [0.05, 0.1) is 11.6 Å². The minimum absolute atomic E-state index is 0.179. The first-order valence-corrected chi connectivity index (χ1v) is 8.30. The number of ether oxygens (including phenoxy) is 1. The van der Waals surface area contributed by atoms with E-state index < -0.39 is 0 Å². The molecule has 0 bridgehead atoms. The van der Waals surface area contributed by atoms with Crippen molar-refractivity contribution >= 4 is 27.5 Å². The molecule has 2 rings (SSSR count). The summed E-state index contributed by atoms with van der Waals surface area (Å²) in [4.78, 5) is 14.5. The van der Waals surface area contributed by atoms with Gasteiger partial charge in [-0.25, -0.2) is 0 Å². The Morgan fingerprint density at radius 3 is 2.57 bits per heavy atom. The Morgan fingerprint density at radius 1 is 1.29 bits per heavy atom. The maximum atomic E-state index is 12.5. The number of anilines is 1. The summed E-state index contributed by atoms with van der Waals surface area (Å²) in [6.07, 6.45) is 4.69. The van der Waals surface area contributed by atoms with Gasteiger partial charge >= 0.3 is 0 Å². The molecule has 1 amide bonds. The van der Waals surface area contributed by atoms with Crippen LogP contribution in [0.5, 0.6) is 5.75 Å². The largest absolute Gasteiger partial charge is 0.495 e. The minimum atomic E-state index is -0.228. The van der Waals surface area contributed by atoms with Gasteiger partial charge in [-0.15, -0.1) is 0 Å². The first-order chi connectivity index (χ1) is 10.1. The van der Waals surface area contributed by atoms with Gasteiger partial charge in [0.15, 0.2) is 0 Å². The third-order valence-corrected chi connectivity index (χ3v) is 4.48. The number of hydrogen-bond donors (Lipinski definition) is 1. The third kappa shape index (κ3) is 4.37. The lowest BCUT2D eigenvalue weighted by atomic mass is 10.2. The molecule has 1 aromatic rings. The highest BCUT2D eigenvalue weighted by atomic mass is 79.9. The summed E-state index contributed by atoms with van der Waals surface area (Å²) in [6, 6.07) is 5.54. The first-order valence-electron chi connectivity index (χ1n) is 7.50. The van der Waals surface area contributed by atoms with Gasteiger partial charge in [-0.2, -0.15) is 0 Å². The summed E-state index contributed by atoms with van der Waals surface area (Å²) in [6.45, 7) is 3.69. The number of benzene rings is 1. The van der Waals surface area contributed by atoms with Crippen molar-refractivity contribution in [3.05, 3.63) is 22.7 Å². The van der Waals surface area contributed by atoms with E-state index in [-0.39, 0.29) is 11.9 Å². The van der Waals surface area contributed by atoms with Crippen LogP contribution in [-0.2, 0) is 4.79 Å². The highest BCUT2D eigenvalue weighted by Crippen LogP contribution is 2.28. The number of rotatable bonds is 4. The molecule has 1 unspecified atom stereocenters. The van der Waals surface area contributed by atoms with Crippen LogP contribution in [0.25, 0.3) is 0 Å². The minimum Gasteiger partial charge on any atom is -0.495 e. The Bertz CT molecular complexity index is 485. The van der Waals surface area contributed by atoms with Crippen LogP contribution >= 0.6 is 15.9 Å². The molecule has 0 spiro atoms. The fourth-order valence-corrected chi connectivity index (χ4v) is 3.03. The number of carbonyl (C=O) groups is 1. The normalized spacial score (nSPS) is 17.0. The van der Waals surface area contributed by atoms with Crippen LogP contribution in [0.1, 0.15) is 32.6 Å². The van der Waals surface area contributed by atoms with Gasteiger partial charge in [-0.1, -0.05) is 12.8 Å². The molecule has 1 saturated heterocycles. The monoisotopic (exact) mass is 354 g/mol. The average molecular weight is 355 g/mol. The number of likely N-dealkylation sites (tertiary alicyclic amines) is 1. The van der Waals surface area contributed by atoms with Crippen LogP contribution < -0.4 is 10.1 Å². The molecule has 1 aromatic carbocycles. The summed E-state index contributed by atoms with van der Waals surface area (Å²) in [5.74, 6) is 0.938. The number of nitrogens with zero attached hydrogens (tertiary/aromatic N) is 1. The Labute approximate surface area is 135 Å². The average Bonchev–Trinajstić information content (AvgIpc) is 2.77. The van der Waals surface area contributed by atoms with Gasteiger partial charge in [0.1, 0.15) is 11.8 Å². The molecule has 0 radical (unpaired) electrons. The van der Waals surface area contributed by atoms with E-state index in [1.165, 1.54) is 12.8 Å². The summed E-state index contributed by atoms with van der Waals surface area (Å²) < 4.78 is 6.18. The molecule has 0 aliphatic carbocycles. The molecule has 1 N–H and O–H groups in total. The lowest BCUT2D eigenvalue weighted by Gasteiger charge is -2.25. The number of amides is 1. The topological polar surface area (TPSA) is 41.6 Å². The molecule has 5 heteroatoms. The Balaban J connectivity index is 1.99. The number of hydrogen-bond acceptors (Lipinski definition) is 3. The van der Waals surface area contributed by atoms with Crippen LogP contribution in [0, 0.1) is 0 Å². The van der Waals surface area contributed by atoms with Crippen molar-refractivity contribution in [2.75, 3.05) is 25.5 Å². The predicted molar refractivity (Wildman–Crippen MR) is 88.8 cm³/mol. The van der Waals surface area contributed by atoms with E-state index in [0.29, 0.717) is 0 Å². The molecule has 1 heterocycles. The summed E-state index contributed by atoms with van der Waals surface area (Å²) in [7, 11) is 1.63. The van der Waals surface area contributed by atoms with E-state index in [9.17, 15) is 4.79 Å². The lowest BCUT2D eigenvalue weighted by molar-refractivity contribution is -0.131. The maximum absolute atomic E-state index is 12.5. The van der Waals surface area contributed by atoms with Crippen LogP contribution in [-0.4, -0.2) is 37.0 Å². The smallest absolute Gasteiger partial charge is 0.244 e. The SMILES string of the molecule is COc1cc(NC(C)C(=O)N2CCCCCC2)ccc1Br. The van der Waals surface area contributed by atoms with Gasteiger partial charge in [-0.3, -0.25) is 4.79 Å². The van der Waals surface area contributed by atoms with Gasteiger partial charge < -0.3 is 15.0 Å². The van der Waals surface area contributed by atoms with Gasteiger partial charge in [0.25, 0.3) is 0 Å². The van der Waals surface area contributed by atoms with Gasteiger partial charge in [0.2, 0.25) is 5.91 Å². The van der Waals surface area contributed by atoms with Crippen LogP contribution in [0.3, 0.4) is 0 Å². The van der Waals surface area contributed by atoms with Crippen LogP contribution in [0.4, 0.5) is 5.69 Å². The summed E-state index contributed by atoms with van der Waals surface area (Å²) in [5, 5.41) is 3.27. The highest BCUT2D eigenvalue weighted by Gasteiger charge is 2.21. The van der Waals surface area contributed by atoms with Crippen molar-refractivity contribution in [3.63, 3.8) is 0 Å². The van der Waals surface area contributed by atoms with Crippen molar-refractivity contribution in [2.45, 2.75) is 38.6 Å². The van der Waals surface area contributed by atoms with Crippen molar-refractivity contribution in [2.24, 2.45) is 0 Å². The van der Waals surface area contributed by atoms with Crippen LogP contribution in [0.2, 0.25) is 0 Å². The van der Waals surface area contributed by atoms with E-state index in [1.54, 1.807) is 7.11 Å². The maximum Gasteiger partial charge on any atom is 0.244 e. The molecule has 0 saturated carbocycles. The molecule has 4 nitrogen and oxygen atoms in total. The van der Waals surface area contributed by atoms with Crippen molar-refractivity contribution in [1.29, 1.82) is 0 Å². The second-order valence-corrected chi connectivity index (χ2v) is 6.31. The Kier molecular flexibility index (Phi) is 5.91. The number of carbonyl (C=O) groups excluding carboxylic acids is 1. The second kappa shape index (κ2) is 7.69. The molecule has 0 aromatic heterocycles. The Hall–Kier alpha value is -1.23. The molecule has 116 valence electrons. The standard InChI is InChI=1S/C16H23BrN2O2/c1-12(16(20)19-9-5-3-4-6-10-19)18-13-7-8-14(17)15(11-13)21-2/h7-8,11-12,18H,3-6,9-10H2,1-2H3. The Morgan fingerprint density at radius 2 is 1.95 bits per heavy atom. The fourth-order valence-electron chi connectivity index (χ4n) is 2.63. The van der Waals surface area contributed by atoms with Crippen molar-refractivity contribution in [1.82, 2.24) is 4.90 Å². The molecule has 21 heavy (non-hydrogen) atoms. The lowest BCUT2D eigenvalue weighted by Crippen LogP contribution is -2.41. The zero-order chi connectivity index (χ0) is 15.2. The zero-order valence-corrected chi connectivity index (χ0v) is 14.3. The molecular formula is C16H23BrN2O2. The second-order valence-electron chi connectivity index (χ2n) is 5.45. The van der Waals surface area contributed by atoms with Crippen molar-refractivity contribution in [3.8, 4) is 5.75 Å². The predicted octanol–water partition coefficient (Wildman–Crippen LogP) is 3.66. The zero-order valence-electron chi connectivity index (χ0n) is 12.7. The number of methoxy groups -OCH3 is 1. The summed E-state index contributed by atoms with van der Waals surface area (Å²) in [5.41, 5.74) is 0.894. The van der Waals surface area contributed by atoms with Gasteiger partial charge in [0, 0.05) is 24.8 Å². The van der Waals surface area contributed by atoms with Crippen molar-refractivity contribution < 1.29 is 9.53 Å². The van der Waals surface area contributed by atoms with E-state index in [4.69, 9.17) is 4.74 Å².